The Labute approximate surface area is 176 Å². The van der Waals surface area contributed by atoms with Gasteiger partial charge in [-0.25, -0.2) is 18.2 Å². The van der Waals surface area contributed by atoms with E-state index in [2.05, 4.69) is 4.98 Å². The summed E-state index contributed by atoms with van der Waals surface area (Å²) in [4.78, 5) is 4.34. The molecule has 6 heteroatoms. The first-order valence-electron chi connectivity index (χ1n) is 9.65. The van der Waals surface area contributed by atoms with E-state index in [0.29, 0.717) is 39.0 Å². The Hall–Kier alpha value is -3.64. The summed E-state index contributed by atoms with van der Waals surface area (Å²) in [6.45, 7) is 0.0411. The van der Waals surface area contributed by atoms with Crippen molar-refractivity contribution in [2.75, 3.05) is 0 Å². The molecule has 1 N–H and O–H groups in total. The Morgan fingerprint density at radius 2 is 1.71 bits per heavy atom. The standard InChI is InChI=1S/C25H16F3NO2/c26-20-3-1-2-17-19(20)13-31-24-9-5-14(10-18(24)25(17)30)4-7-16-8-6-15-11-21(27)22(28)12-23(15)29-16/h1-12,25,30H,13H2. The summed E-state index contributed by atoms with van der Waals surface area (Å²) in [6, 6.07) is 15.5. The van der Waals surface area contributed by atoms with Crippen molar-refractivity contribution >= 4 is 23.1 Å². The van der Waals surface area contributed by atoms with Gasteiger partial charge < -0.3 is 9.84 Å². The van der Waals surface area contributed by atoms with E-state index >= 15 is 0 Å². The minimum Gasteiger partial charge on any atom is -0.488 e. The van der Waals surface area contributed by atoms with E-state index < -0.39 is 23.6 Å². The van der Waals surface area contributed by atoms with Crippen LogP contribution in [-0.2, 0) is 6.61 Å². The molecular weight excluding hydrogens is 403 g/mol. The molecule has 1 unspecified atom stereocenters. The largest absolute Gasteiger partial charge is 0.488 e. The number of hydrogen-bond donors (Lipinski definition) is 1. The lowest BCUT2D eigenvalue weighted by molar-refractivity contribution is 0.218. The maximum absolute atomic E-state index is 14.1. The molecule has 1 aromatic heterocycles. The lowest BCUT2D eigenvalue weighted by atomic mass is 9.96. The topological polar surface area (TPSA) is 42.4 Å². The summed E-state index contributed by atoms with van der Waals surface area (Å²) >= 11 is 0. The van der Waals surface area contributed by atoms with Crippen LogP contribution in [0.5, 0.6) is 5.75 Å². The second-order valence-electron chi connectivity index (χ2n) is 7.32. The second kappa shape index (κ2) is 7.56. The number of aliphatic hydroxyl groups is 1. The van der Waals surface area contributed by atoms with Gasteiger partial charge in [-0.3, -0.25) is 0 Å². The minimum absolute atomic E-state index is 0.0411. The molecule has 3 nitrogen and oxygen atoms in total. The molecule has 0 radical (unpaired) electrons. The van der Waals surface area contributed by atoms with E-state index in [-0.39, 0.29) is 6.61 Å². The van der Waals surface area contributed by atoms with Gasteiger partial charge in [-0.15, -0.1) is 0 Å². The van der Waals surface area contributed by atoms with Crippen LogP contribution >= 0.6 is 0 Å². The average molecular weight is 419 g/mol. The lowest BCUT2D eigenvalue weighted by Gasteiger charge is -2.13. The van der Waals surface area contributed by atoms with Crippen molar-refractivity contribution < 1.29 is 23.0 Å². The van der Waals surface area contributed by atoms with Gasteiger partial charge in [-0.2, -0.15) is 0 Å². The van der Waals surface area contributed by atoms with E-state index in [9.17, 15) is 18.3 Å². The van der Waals surface area contributed by atoms with E-state index in [4.69, 9.17) is 4.74 Å². The Morgan fingerprint density at radius 3 is 2.58 bits per heavy atom. The molecule has 0 aliphatic carbocycles. The highest BCUT2D eigenvalue weighted by Crippen LogP contribution is 2.37. The summed E-state index contributed by atoms with van der Waals surface area (Å²) in [7, 11) is 0. The molecule has 5 rings (SSSR count). The zero-order chi connectivity index (χ0) is 21.5. The zero-order valence-electron chi connectivity index (χ0n) is 16.1. The highest BCUT2D eigenvalue weighted by Gasteiger charge is 2.24. The number of aromatic nitrogens is 1. The third-order valence-corrected chi connectivity index (χ3v) is 5.35. The van der Waals surface area contributed by atoms with Crippen LogP contribution < -0.4 is 4.74 Å². The maximum Gasteiger partial charge on any atom is 0.161 e. The number of ether oxygens (including phenoxy) is 1. The number of benzene rings is 3. The number of pyridine rings is 1. The van der Waals surface area contributed by atoms with Crippen LogP contribution in [0.4, 0.5) is 13.2 Å². The SMILES string of the molecule is OC1c2cc(C=Cc3ccc4cc(F)c(F)cc4n3)ccc2OCc2c(F)cccc21. The van der Waals surface area contributed by atoms with Crippen molar-refractivity contribution in [1.29, 1.82) is 0 Å². The van der Waals surface area contributed by atoms with Gasteiger partial charge in [0.15, 0.2) is 11.6 Å². The van der Waals surface area contributed by atoms with Crippen LogP contribution in [0, 0.1) is 17.5 Å². The molecule has 1 aliphatic rings. The summed E-state index contributed by atoms with van der Waals surface area (Å²) < 4.78 is 46.7. The quantitative estimate of drug-likeness (QED) is 0.447. The summed E-state index contributed by atoms with van der Waals surface area (Å²) in [5.74, 6) is -1.79. The minimum atomic E-state index is -1.02. The van der Waals surface area contributed by atoms with Crippen LogP contribution in [-0.4, -0.2) is 10.1 Å². The Kier molecular flexibility index (Phi) is 4.71. The summed E-state index contributed by atoms with van der Waals surface area (Å²) in [6.07, 6.45) is 2.51. The van der Waals surface area contributed by atoms with Gasteiger partial charge in [-0.1, -0.05) is 30.3 Å². The van der Waals surface area contributed by atoms with Gasteiger partial charge in [0, 0.05) is 22.6 Å². The molecular formula is C25H16F3NO2. The fourth-order valence-electron chi connectivity index (χ4n) is 3.72. The Morgan fingerprint density at radius 1 is 0.871 bits per heavy atom. The second-order valence-corrected chi connectivity index (χ2v) is 7.32. The molecule has 0 saturated carbocycles. The third kappa shape index (κ3) is 3.55. The molecule has 0 saturated heterocycles. The van der Waals surface area contributed by atoms with Gasteiger partial charge in [-0.05, 0) is 47.5 Å². The first kappa shape index (κ1) is 19.3. The first-order chi connectivity index (χ1) is 15.0. The number of nitrogens with zero attached hydrogens (tertiary/aromatic N) is 1. The smallest absolute Gasteiger partial charge is 0.161 e. The van der Waals surface area contributed by atoms with Crippen molar-refractivity contribution in [2.24, 2.45) is 0 Å². The molecule has 154 valence electrons. The molecule has 0 amide bonds. The van der Waals surface area contributed by atoms with Gasteiger partial charge >= 0.3 is 0 Å². The maximum atomic E-state index is 14.1. The number of aliphatic hydroxyl groups excluding tert-OH is 1. The predicted octanol–water partition coefficient (Wildman–Crippen LogP) is 5.80. The molecule has 2 heterocycles. The summed E-state index contributed by atoms with van der Waals surface area (Å²) in [5.41, 5.74) is 3.05. The lowest BCUT2D eigenvalue weighted by Crippen LogP contribution is -2.03. The normalized spacial score (nSPS) is 15.4. The Balaban J connectivity index is 1.48. The molecule has 1 atom stereocenters. The molecule has 0 fully saturated rings. The van der Waals surface area contributed by atoms with Crippen molar-refractivity contribution in [3.8, 4) is 5.75 Å². The van der Waals surface area contributed by atoms with Crippen LogP contribution in [0.1, 0.15) is 34.1 Å². The molecule has 4 aromatic rings. The fraction of sp³-hybridized carbons (Fsp3) is 0.0800. The average Bonchev–Trinajstić information content (AvgIpc) is 2.91. The van der Waals surface area contributed by atoms with Crippen molar-refractivity contribution in [1.82, 2.24) is 4.98 Å². The van der Waals surface area contributed by atoms with E-state index in [1.165, 1.54) is 6.07 Å². The number of rotatable bonds is 2. The van der Waals surface area contributed by atoms with Gasteiger partial charge in [0.05, 0.1) is 11.2 Å². The van der Waals surface area contributed by atoms with E-state index in [1.807, 2.05) is 6.07 Å². The van der Waals surface area contributed by atoms with Crippen LogP contribution in [0.15, 0.2) is 60.7 Å². The monoisotopic (exact) mass is 419 g/mol. The molecule has 3 aromatic carbocycles. The number of hydrogen-bond acceptors (Lipinski definition) is 3. The van der Waals surface area contributed by atoms with Crippen molar-refractivity contribution in [2.45, 2.75) is 12.7 Å². The van der Waals surface area contributed by atoms with Gasteiger partial charge in [0.2, 0.25) is 0 Å². The number of fused-ring (bicyclic) bond motifs is 3. The summed E-state index contributed by atoms with van der Waals surface area (Å²) in [5, 5.41) is 11.4. The predicted molar refractivity (Wildman–Crippen MR) is 112 cm³/mol. The third-order valence-electron chi connectivity index (χ3n) is 5.35. The molecule has 1 aliphatic heterocycles. The number of halogens is 3. The highest BCUT2D eigenvalue weighted by atomic mass is 19.2. The Bertz CT molecular complexity index is 1350. The fourth-order valence-corrected chi connectivity index (χ4v) is 3.72. The van der Waals surface area contributed by atoms with E-state index in [0.717, 1.165) is 17.7 Å². The van der Waals surface area contributed by atoms with Gasteiger partial charge in [0.25, 0.3) is 0 Å². The highest BCUT2D eigenvalue weighted by molar-refractivity contribution is 5.81. The zero-order valence-corrected chi connectivity index (χ0v) is 16.1. The van der Waals surface area contributed by atoms with Crippen LogP contribution in [0.2, 0.25) is 0 Å². The van der Waals surface area contributed by atoms with Crippen molar-refractivity contribution in [3.05, 3.63) is 106 Å². The van der Waals surface area contributed by atoms with E-state index in [1.54, 1.807) is 48.6 Å². The van der Waals surface area contributed by atoms with Crippen molar-refractivity contribution in [3.63, 3.8) is 0 Å². The van der Waals surface area contributed by atoms with Gasteiger partial charge in [0.1, 0.15) is 24.3 Å². The molecule has 0 bridgehead atoms. The van der Waals surface area contributed by atoms with Crippen LogP contribution in [0.3, 0.4) is 0 Å². The molecule has 31 heavy (non-hydrogen) atoms. The molecule has 0 spiro atoms. The first-order valence-corrected chi connectivity index (χ1v) is 9.65. The van der Waals surface area contributed by atoms with Crippen LogP contribution in [0.25, 0.3) is 23.1 Å².